The molecule has 0 aliphatic carbocycles. The summed E-state index contributed by atoms with van der Waals surface area (Å²) in [4.78, 5) is 30.4. The molecule has 3 aromatic heterocycles. The van der Waals surface area contributed by atoms with Gasteiger partial charge in [-0.25, -0.2) is 4.68 Å². The molecule has 0 aliphatic rings. The SMILES string of the molecule is CCOC(=O)Cn1nnnc1C(C(C)C)N(Cc1ccco1)Cc1cc2cccc(C)c2[nH]c1=O. The molecule has 184 valence electrons. The van der Waals surface area contributed by atoms with Crippen LogP contribution in [-0.2, 0) is 29.2 Å². The highest BCUT2D eigenvalue weighted by atomic mass is 16.5. The van der Waals surface area contributed by atoms with Gasteiger partial charge in [0, 0.05) is 12.1 Å². The van der Waals surface area contributed by atoms with Crippen LogP contribution in [0.15, 0.2) is 51.9 Å². The zero-order valence-electron chi connectivity index (χ0n) is 20.4. The highest BCUT2D eigenvalue weighted by Gasteiger charge is 2.31. The van der Waals surface area contributed by atoms with Crippen molar-refractivity contribution in [3.05, 3.63) is 75.7 Å². The molecule has 0 spiro atoms. The Kier molecular flexibility index (Phi) is 7.40. The van der Waals surface area contributed by atoms with E-state index in [0.29, 0.717) is 24.5 Å². The molecule has 1 unspecified atom stereocenters. The van der Waals surface area contributed by atoms with Crippen LogP contribution in [0, 0.1) is 12.8 Å². The summed E-state index contributed by atoms with van der Waals surface area (Å²) in [6.45, 7) is 8.77. The summed E-state index contributed by atoms with van der Waals surface area (Å²) in [6.07, 6.45) is 1.62. The Labute approximate surface area is 202 Å². The van der Waals surface area contributed by atoms with Crippen molar-refractivity contribution in [3.63, 3.8) is 0 Å². The zero-order valence-corrected chi connectivity index (χ0v) is 20.4. The molecule has 0 aliphatic heterocycles. The summed E-state index contributed by atoms with van der Waals surface area (Å²) >= 11 is 0. The van der Waals surface area contributed by atoms with Crippen molar-refractivity contribution in [2.24, 2.45) is 5.92 Å². The summed E-state index contributed by atoms with van der Waals surface area (Å²) in [5.74, 6) is 0.905. The van der Waals surface area contributed by atoms with Gasteiger partial charge in [0.25, 0.3) is 5.56 Å². The van der Waals surface area contributed by atoms with Crippen LogP contribution in [0.3, 0.4) is 0 Å². The number of nitrogens with one attached hydrogen (secondary N) is 1. The number of esters is 1. The average molecular weight is 479 g/mol. The molecule has 0 saturated heterocycles. The van der Waals surface area contributed by atoms with E-state index in [9.17, 15) is 9.59 Å². The Morgan fingerprint density at radius 3 is 2.77 bits per heavy atom. The van der Waals surface area contributed by atoms with Crippen molar-refractivity contribution >= 4 is 16.9 Å². The zero-order chi connectivity index (χ0) is 24.9. The molecule has 0 fully saturated rings. The number of aromatic nitrogens is 5. The van der Waals surface area contributed by atoms with Gasteiger partial charge in [0.15, 0.2) is 5.82 Å². The van der Waals surface area contributed by atoms with E-state index in [1.807, 2.05) is 43.3 Å². The second-order valence-electron chi connectivity index (χ2n) is 8.84. The number of para-hydroxylation sites is 1. The molecular weight excluding hydrogens is 448 g/mol. The lowest BCUT2D eigenvalue weighted by molar-refractivity contribution is -0.144. The molecule has 1 atom stereocenters. The molecule has 10 heteroatoms. The van der Waals surface area contributed by atoms with Crippen LogP contribution in [0.25, 0.3) is 10.9 Å². The number of tetrazole rings is 1. The minimum atomic E-state index is -0.414. The van der Waals surface area contributed by atoms with E-state index in [-0.39, 0.29) is 30.7 Å². The fraction of sp³-hybridized carbons (Fsp3) is 0.400. The van der Waals surface area contributed by atoms with Gasteiger partial charge < -0.3 is 14.1 Å². The van der Waals surface area contributed by atoms with Gasteiger partial charge in [-0.15, -0.1) is 5.10 Å². The summed E-state index contributed by atoms with van der Waals surface area (Å²) in [5, 5.41) is 13.1. The number of hydrogen-bond acceptors (Lipinski definition) is 8. The lowest BCUT2D eigenvalue weighted by Crippen LogP contribution is -2.35. The Bertz CT molecular complexity index is 1340. The van der Waals surface area contributed by atoms with Gasteiger partial charge in [-0.1, -0.05) is 32.0 Å². The summed E-state index contributed by atoms with van der Waals surface area (Å²) in [5.41, 5.74) is 2.31. The smallest absolute Gasteiger partial charge is 0.327 e. The first-order valence-corrected chi connectivity index (χ1v) is 11.7. The number of aromatic amines is 1. The van der Waals surface area contributed by atoms with E-state index < -0.39 is 5.97 Å². The molecule has 0 radical (unpaired) electrons. The third-order valence-corrected chi connectivity index (χ3v) is 5.91. The lowest BCUT2D eigenvalue weighted by atomic mass is 10.00. The second kappa shape index (κ2) is 10.6. The van der Waals surface area contributed by atoms with Crippen LogP contribution < -0.4 is 5.56 Å². The van der Waals surface area contributed by atoms with Crippen molar-refractivity contribution in [2.75, 3.05) is 6.61 Å². The minimum Gasteiger partial charge on any atom is -0.468 e. The highest BCUT2D eigenvalue weighted by Crippen LogP contribution is 2.30. The fourth-order valence-corrected chi connectivity index (χ4v) is 4.37. The monoisotopic (exact) mass is 478 g/mol. The Morgan fingerprint density at radius 1 is 1.23 bits per heavy atom. The number of H-pyrrole nitrogens is 1. The van der Waals surface area contributed by atoms with Gasteiger partial charge in [0.05, 0.1) is 31.0 Å². The fourth-order valence-electron chi connectivity index (χ4n) is 4.37. The van der Waals surface area contributed by atoms with E-state index in [2.05, 4.69) is 39.3 Å². The molecule has 3 heterocycles. The number of benzene rings is 1. The Balaban J connectivity index is 1.74. The van der Waals surface area contributed by atoms with Crippen LogP contribution in [0.4, 0.5) is 0 Å². The molecule has 10 nitrogen and oxygen atoms in total. The molecule has 0 amide bonds. The van der Waals surface area contributed by atoms with Gasteiger partial charge in [0.1, 0.15) is 12.3 Å². The maximum Gasteiger partial charge on any atom is 0.327 e. The van der Waals surface area contributed by atoms with E-state index in [0.717, 1.165) is 22.2 Å². The predicted octanol–water partition coefficient (Wildman–Crippen LogP) is 3.38. The van der Waals surface area contributed by atoms with Gasteiger partial charge in [-0.2, -0.15) is 0 Å². The molecule has 4 aromatic rings. The van der Waals surface area contributed by atoms with Crippen LogP contribution in [-0.4, -0.2) is 42.7 Å². The number of carbonyl (C=O) groups is 1. The van der Waals surface area contributed by atoms with Crippen molar-refractivity contribution in [1.82, 2.24) is 30.1 Å². The third kappa shape index (κ3) is 5.48. The minimum absolute atomic E-state index is 0.0543. The van der Waals surface area contributed by atoms with Crippen molar-refractivity contribution in [2.45, 2.75) is 53.4 Å². The summed E-state index contributed by atoms with van der Waals surface area (Å²) < 4.78 is 12.2. The van der Waals surface area contributed by atoms with Crippen LogP contribution in [0.2, 0.25) is 0 Å². The number of hydrogen-bond donors (Lipinski definition) is 1. The summed E-state index contributed by atoms with van der Waals surface area (Å²) in [7, 11) is 0. The van der Waals surface area contributed by atoms with Gasteiger partial charge in [-0.3, -0.25) is 14.5 Å². The first-order chi connectivity index (χ1) is 16.9. The normalized spacial score (nSPS) is 12.5. The van der Waals surface area contributed by atoms with E-state index >= 15 is 0 Å². The molecule has 0 bridgehead atoms. The standard InChI is InChI=1S/C25H30N6O4/c1-5-34-21(32)15-31-24(27-28-29-31)23(16(2)3)30(14-20-10-7-11-35-20)13-19-12-18-9-6-8-17(4)22(18)26-25(19)33/h6-12,16,23H,5,13-15H2,1-4H3,(H,26,33). The lowest BCUT2D eigenvalue weighted by Gasteiger charge is -2.32. The average Bonchev–Trinajstić information content (AvgIpc) is 3.48. The number of ether oxygens (including phenoxy) is 1. The topological polar surface area (TPSA) is 119 Å². The quantitative estimate of drug-likeness (QED) is 0.345. The Morgan fingerprint density at radius 2 is 2.06 bits per heavy atom. The Hall–Kier alpha value is -3.79. The van der Waals surface area contributed by atoms with E-state index in [4.69, 9.17) is 9.15 Å². The van der Waals surface area contributed by atoms with E-state index in [1.54, 1.807) is 13.2 Å². The highest BCUT2D eigenvalue weighted by molar-refractivity contribution is 5.81. The number of pyridine rings is 1. The third-order valence-electron chi connectivity index (χ3n) is 5.91. The van der Waals surface area contributed by atoms with Gasteiger partial charge >= 0.3 is 5.97 Å². The van der Waals surface area contributed by atoms with Crippen molar-refractivity contribution in [3.8, 4) is 0 Å². The van der Waals surface area contributed by atoms with Crippen molar-refractivity contribution in [1.29, 1.82) is 0 Å². The largest absolute Gasteiger partial charge is 0.468 e. The molecular formula is C25H30N6O4. The van der Waals surface area contributed by atoms with Gasteiger partial charge in [0.2, 0.25) is 0 Å². The first-order valence-electron chi connectivity index (χ1n) is 11.7. The van der Waals surface area contributed by atoms with Gasteiger partial charge in [-0.05, 0) is 59.3 Å². The first kappa shape index (κ1) is 24.3. The number of aryl methyl sites for hydroxylation is 1. The second-order valence-corrected chi connectivity index (χ2v) is 8.84. The number of fused-ring (bicyclic) bond motifs is 1. The number of furan rings is 1. The van der Waals surface area contributed by atoms with Crippen LogP contribution in [0.5, 0.6) is 0 Å². The number of carbonyl (C=O) groups excluding carboxylic acids is 1. The molecule has 35 heavy (non-hydrogen) atoms. The van der Waals surface area contributed by atoms with Crippen LogP contribution >= 0.6 is 0 Å². The van der Waals surface area contributed by atoms with E-state index in [1.165, 1.54) is 4.68 Å². The summed E-state index contributed by atoms with van der Waals surface area (Å²) in [6, 6.07) is 11.3. The predicted molar refractivity (Wildman–Crippen MR) is 129 cm³/mol. The molecule has 4 rings (SSSR count). The maximum absolute atomic E-state index is 13.1. The molecule has 1 N–H and O–H groups in total. The number of nitrogens with zero attached hydrogens (tertiary/aromatic N) is 5. The van der Waals surface area contributed by atoms with Crippen molar-refractivity contribution < 1.29 is 13.9 Å². The molecule has 0 saturated carbocycles. The number of rotatable bonds is 10. The van der Waals surface area contributed by atoms with Crippen LogP contribution in [0.1, 0.15) is 49.5 Å². The molecule has 1 aromatic carbocycles. The maximum atomic E-state index is 13.1.